The Balaban J connectivity index is 1.30. The predicted molar refractivity (Wildman–Crippen MR) is 121 cm³/mol. The number of thioether (sulfide) groups is 1. The molecule has 2 amide bonds. The Morgan fingerprint density at radius 1 is 1.10 bits per heavy atom. The number of carbonyl (C=O) groups excluding carboxylic acids is 2. The Hall–Kier alpha value is -3.33. The average molecular weight is 437 g/mol. The van der Waals surface area contributed by atoms with Gasteiger partial charge in [0.15, 0.2) is 5.82 Å². The zero-order chi connectivity index (χ0) is 21.6. The van der Waals surface area contributed by atoms with E-state index in [0.717, 1.165) is 18.5 Å². The second-order valence-electron chi connectivity index (χ2n) is 7.29. The normalized spacial score (nSPS) is 13.5. The summed E-state index contributed by atoms with van der Waals surface area (Å²) in [7, 11) is 0. The van der Waals surface area contributed by atoms with Gasteiger partial charge in [-0.3, -0.25) is 9.59 Å². The van der Waals surface area contributed by atoms with Gasteiger partial charge in [0.05, 0.1) is 5.75 Å². The number of aromatic nitrogens is 3. The van der Waals surface area contributed by atoms with Crippen LogP contribution in [0.25, 0.3) is 0 Å². The number of benzene rings is 2. The van der Waals surface area contributed by atoms with Gasteiger partial charge < -0.3 is 16.1 Å². The number of nitrogens with one attached hydrogen (secondary N) is 1. The minimum atomic E-state index is -0.177. The molecule has 9 heteroatoms. The first-order chi connectivity index (χ1) is 15.1. The van der Waals surface area contributed by atoms with Gasteiger partial charge in [-0.2, -0.15) is 0 Å². The van der Waals surface area contributed by atoms with Crippen molar-refractivity contribution in [2.24, 2.45) is 0 Å². The van der Waals surface area contributed by atoms with E-state index >= 15 is 0 Å². The lowest BCUT2D eigenvalue weighted by atomic mass is 10.1. The molecule has 0 atom stereocenters. The molecule has 0 aliphatic carbocycles. The topological polar surface area (TPSA) is 106 Å². The summed E-state index contributed by atoms with van der Waals surface area (Å²) in [5.74, 6) is 6.88. The maximum absolute atomic E-state index is 12.4. The lowest BCUT2D eigenvalue weighted by molar-refractivity contribution is -0.117. The summed E-state index contributed by atoms with van der Waals surface area (Å²) in [5, 5.41) is 11.6. The van der Waals surface area contributed by atoms with E-state index in [2.05, 4.69) is 27.6 Å². The maximum Gasteiger partial charge on any atom is 0.234 e. The molecule has 2 aromatic carbocycles. The molecule has 0 radical (unpaired) electrons. The second-order valence-corrected chi connectivity index (χ2v) is 8.23. The molecule has 1 saturated heterocycles. The molecule has 1 aliphatic rings. The highest BCUT2D eigenvalue weighted by molar-refractivity contribution is 7.99. The van der Waals surface area contributed by atoms with Crippen molar-refractivity contribution in [2.75, 3.05) is 28.4 Å². The molecule has 1 aromatic heterocycles. The van der Waals surface area contributed by atoms with Crippen molar-refractivity contribution in [3.63, 3.8) is 0 Å². The van der Waals surface area contributed by atoms with Crippen LogP contribution >= 0.6 is 11.8 Å². The summed E-state index contributed by atoms with van der Waals surface area (Å²) >= 11 is 1.23. The molecule has 3 N–H and O–H groups in total. The van der Waals surface area contributed by atoms with Crippen molar-refractivity contribution < 1.29 is 9.59 Å². The van der Waals surface area contributed by atoms with E-state index < -0.39 is 0 Å². The van der Waals surface area contributed by atoms with Crippen LogP contribution < -0.4 is 16.1 Å². The van der Waals surface area contributed by atoms with Crippen LogP contribution in [0.4, 0.5) is 11.4 Å². The van der Waals surface area contributed by atoms with E-state index in [9.17, 15) is 9.59 Å². The molecule has 1 aliphatic heterocycles. The van der Waals surface area contributed by atoms with E-state index in [-0.39, 0.29) is 17.6 Å². The van der Waals surface area contributed by atoms with Gasteiger partial charge in [0.2, 0.25) is 17.0 Å². The zero-order valence-corrected chi connectivity index (χ0v) is 17.8. The van der Waals surface area contributed by atoms with Crippen LogP contribution in [0.5, 0.6) is 0 Å². The number of rotatable bonds is 8. The molecule has 0 spiro atoms. The largest absolute Gasteiger partial charge is 0.336 e. The Labute approximate surface area is 184 Å². The number of anilines is 2. The smallest absolute Gasteiger partial charge is 0.234 e. The maximum atomic E-state index is 12.4. The van der Waals surface area contributed by atoms with Gasteiger partial charge in [-0.1, -0.05) is 48.2 Å². The number of nitrogens with zero attached hydrogens (tertiary/aromatic N) is 4. The standard InChI is InChI=1S/C22H24N6O2S/c23-28-19(12-11-16-6-2-1-3-7-16)25-26-22(28)31-15-20(29)24-17-8-4-9-18(14-17)27-13-5-10-21(27)30/h1-4,6-9,14H,5,10-13,15,23H2,(H,24,29). The van der Waals surface area contributed by atoms with Crippen LogP contribution in [0.1, 0.15) is 24.2 Å². The summed E-state index contributed by atoms with van der Waals surface area (Å²) < 4.78 is 1.44. The summed E-state index contributed by atoms with van der Waals surface area (Å²) in [6, 6.07) is 17.4. The Morgan fingerprint density at radius 3 is 2.71 bits per heavy atom. The summed E-state index contributed by atoms with van der Waals surface area (Å²) in [4.78, 5) is 26.1. The lowest BCUT2D eigenvalue weighted by Gasteiger charge is -2.16. The number of hydrogen-bond acceptors (Lipinski definition) is 6. The third kappa shape index (κ3) is 5.24. The van der Waals surface area contributed by atoms with E-state index in [4.69, 9.17) is 5.84 Å². The highest BCUT2D eigenvalue weighted by Gasteiger charge is 2.22. The van der Waals surface area contributed by atoms with Gasteiger partial charge in [0, 0.05) is 30.8 Å². The Kier molecular flexibility index (Phi) is 6.51. The molecular weight excluding hydrogens is 412 g/mol. The zero-order valence-electron chi connectivity index (χ0n) is 17.0. The van der Waals surface area contributed by atoms with Gasteiger partial charge in [0.25, 0.3) is 0 Å². The SMILES string of the molecule is Nn1c(CCc2ccccc2)nnc1SCC(=O)Nc1cccc(N2CCCC2=O)c1. The average Bonchev–Trinajstić information content (AvgIpc) is 3.37. The molecule has 31 heavy (non-hydrogen) atoms. The Bertz CT molecular complexity index is 1070. The van der Waals surface area contributed by atoms with E-state index in [1.807, 2.05) is 36.4 Å². The molecule has 0 saturated carbocycles. The van der Waals surface area contributed by atoms with Crippen molar-refractivity contribution >= 4 is 35.0 Å². The first-order valence-electron chi connectivity index (χ1n) is 10.2. The summed E-state index contributed by atoms with van der Waals surface area (Å²) in [5.41, 5.74) is 2.66. The number of carbonyl (C=O) groups is 2. The van der Waals surface area contributed by atoms with Crippen LogP contribution in [0.3, 0.4) is 0 Å². The fourth-order valence-electron chi connectivity index (χ4n) is 3.48. The van der Waals surface area contributed by atoms with Crippen molar-refractivity contribution in [1.29, 1.82) is 0 Å². The highest BCUT2D eigenvalue weighted by atomic mass is 32.2. The first kappa shape index (κ1) is 20.9. The first-order valence-corrected chi connectivity index (χ1v) is 11.1. The number of nitrogens with two attached hydrogens (primary N) is 1. The van der Waals surface area contributed by atoms with Gasteiger partial charge in [-0.05, 0) is 36.6 Å². The van der Waals surface area contributed by atoms with Crippen molar-refractivity contribution in [3.05, 3.63) is 66.0 Å². The molecule has 0 unspecified atom stereocenters. The monoisotopic (exact) mass is 436 g/mol. The van der Waals surface area contributed by atoms with Crippen LogP contribution in [0.2, 0.25) is 0 Å². The lowest BCUT2D eigenvalue weighted by Crippen LogP contribution is -2.24. The number of nitrogen functional groups attached to an aromatic ring is 1. The molecule has 4 rings (SSSR count). The minimum absolute atomic E-state index is 0.115. The van der Waals surface area contributed by atoms with Gasteiger partial charge in [-0.25, -0.2) is 4.68 Å². The quantitative estimate of drug-likeness (QED) is 0.415. The molecule has 160 valence electrons. The van der Waals surface area contributed by atoms with Crippen molar-refractivity contribution in [1.82, 2.24) is 14.9 Å². The number of amides is 2. The number of hydrogen-bond donors (Lipinski definition) is 2. The van der Waals surface area contributed by atoms with E-state index in [1.165, 1.54) is 22.0 Å². The third-order valence-corrected chi connectivity index (χ3v) is 6.01. The molecule has 8 nitrogen and oxygen atoms in total. The van der Waals surface area contributed by atoms with Crippen molar-refractivity contribution in [3.8, 4) is 0 Å². The van der Waals surface area contributed by atoms with E-state index in [1.54, 1.807) is 11.0 Å². The summed E-state index contributed by atoms with van der Waals surface area (Å²) in [6.07, 6.45) is 2.92. The summed E-state index contributed by atoms with van der Waals surface area (Å²) in [6.45, 7) is 0.713. The number of aryl methyl sites for hydroxylation is 2. The second kappa shape index (κ2) is 9.65. The van der Waals surface area contributed by atoms with Gasteiger partial charge in [0.1, 0.15) is 0 Å². The molecule has 2 heterocycles. The van der Waals surface area contributed by atoms with Crippen LogP contribution in [0, 0.1) is 0 Å². The fourth-order valence-corrected chi connectivity index (χ4v) is 4.15. The van der Waals surface area contributed by atoms with Crippen LogP contribution in [-0.2, 0) is 22.4 Å². The molecule has 1 fully saturated rings. The van der Waals surface area contributed by atoms with Gasteiger partial charge in [-0.15, -0.1) is 10.2 Å². The van der Waals surface area contributed by atoms with Crippen molar-refractivity contribution in [2.45, 2.75) is 30.8 Å². The Morgan fingerprint density at radius 2 is 1.94 bits per heavy atom. The predicted octanol–water partition coefficient (Wildman–Crippen LogP) is 2.63. The molecular formula is C22H24N6O2S. The van der Waals surface area contributed by atoms with Crippen LogP contribution in [0.15, 0.2) is 59.8 Å². The third-order valence-electron chi connectivity index (χ3n) is 5.06. The molecule has 0 bridgehead atoms. The fraction of sp³-hybridized carbons (Fsp3) is 0.273. The van der Waals surface area contributed by atoms with E-state index in [0.29, 0.717) is 36.1 Å². The van der Waals surface area contributed by atoms with Gasteiger partial charge >= 0.3 is 0 Å². The van der Waals surface area contributed by atoms with Crippen LogP contribution in [-0.4, -0.2) is 39.0 Å². The minimum Gasteiger partial charge on any atom is -0.336 e. The molecule has 3 aromatic rings. The highest BCUT2D eigenvalue weighted by Crippen LogP contribution is 2.24.